The number of hydrogen-bond donors (Lipinski definition) is 0. The van der Waals surface area contributed by atoms with E-state index in [-0.39, 0.29) is 11.2 Å². The van der Waals surface area contributed by atoms with E-state index >= 15 is 0 Å². The summed E-state index contributed by atoms with van der Waals surface area (Å²) >= 11 is 6.56. The molecule has 0 radical (unpaired) electrons. The fourth-order valence-electron chi connectivity index (χ4n) is 2.77. The second kappa shape index (κ2) is 5.45. The topological polar surface area (TPSA) is 9.23 Å². The Bertz CT molecular complexity index is 599. The van der Waals surface area contributed by atoms with Gasteiger partial charge in [-0.2, -0.15) is 0 Å². The van der Waals surface area contributed by atoms with Crippen molar-refractivity contribution in [2.45, 2.75) is 17.7 Å². The molecule has 1 aliphatic carbocycles. The summed E-state index contributed by atoms with van der Waals surface area (Å²) in [5.74, 6) is 1.19. The number of hydrogen-bond acceptors (Lipinski definition) is 1. The predicted octanol–water partition coefficient (Wildman–Crippen LogP) is 4.92. The lowest BCUT2D eigenvalue weighted by molar-refractivity contribution is 0.406. The van der Waals surface area contributed by atoms with E-state index in [0.29, 0.717) is 17.6 Å². The van der Waals surface area contributed by atoms with Gasteiger partial charge in [0.15, 0.2) is 0 Å². The monoisotopic (exact) mass is 290 g/mol. The number of halogens is 2. The Morgan fingerprint density at radius 2 is 1.95 bits per heavy atom. The molecule has 0 N–H and O–H groups in total. The van der Waals surface area contributed by atoms with Crippen molar-refractivity contribution >= 4 is 11.6 Å². The highest BCUT2D eigenvalue weighted by atomic mass is 35.5. The molecule has 1 aliphatic rings. The van der Waals surface area contributed by atoms with E-state index in [0.717, 1.165) is 12.0 Å². The molecule has 20 heavy (non-hydrogen) atoms. The van der Waals surface area contributed by atoms with Crippen molar-refractivity contribution < 1.29 is 9.13 Å². The highest BCUT2D eigenvalue weighted by molar-refractivity contribution is 6.21. The maximum Gasteiger partial charge on any atom is 0.123 e. The molecule has 1 nitrogen and oxygen atoms in total. The Morgan fingerprint density at radius 3 is 2.65 bits per heavy atom. The summed E-state index contributed by atoms with van der Waals surface area (Å²) in [5, 5.41) is -0.217. The molecular weight excluding hydrogens is 275 g/mol. The third-order valence-electron chi connectivity index (χ3n) is 3.93. The minimum Gasteiger partial charge on any atom is -0.496 e. The van der Waals surface area contributed by atoms with Crippen LogP contribution in [0.25, 0.3) is 0 Å². The Balaban J connectivity index is 1.81. The first kappa shape index (κ1) is 13.4. The number of ether oxygens (including phenoxy) is 1. The Labute approximate surface area is 123 Å². The summed E-state index contributed by atoms with van der Waals surface area (Å²) in [4.78, 5) is 0. The quantitative estimate of drug-likeness (QED) is 0.726. The van der Waals surface area contributed by atoms with Crippen LogP contribution >= 0.6 is 11.6 Å². The molecule has 3 atom stereocenters. The molecule has 2 aromatic carbocycles. The van der Waals surface area contributed by atoms with Gasteiger partial charge in [0.1, 0.15) is 11.6 Å². The minimum absolute atomic E-state index is 0.217. The third kappa shape index (κ3) is 2.53. The van der Waals surface area contributed by atoms with Crippen molar-refractivity contribution in [1.82, 2.24) is 0 Å². The van der Waals surface area contributed by atoms with E-state index in [1.165, 1.54) is 17.7 Å². The molecule has 0 amide bonds. The first-order chi connectivity index (χ1) is 9.70. The van der Waals surface area contributed by atoms with Gasteiger partial charge < -0.3 is 4.74 Å². The van der Waals surface area contributed by atoms with Gasteiger partial charge in [0, 0.05) is 5.56 Å². The normalized spacial score (nSPS) is 22.4. The number of alkyl halides is 1. The van der Waals surface area contributed by atoms with Crippen LogP contribution in [-0.4, -0.2) is 7.11 Å². The molecule has 3 heteroatoms. The van der Waals surface area contributed by atoms with Gasteiger partial charge in [-0.15, -0.1) is 11.6 Å². The molecule has 0 saturated heterocycles. The molecule has 0 aromatic heterocycles. The van der Waals surface area contributed by atoms with E-state index in [9.17, 15) is 4.39 Å². The molecule has 2 aromatic rings. The second-order valence-corrected chi connectivity index (χ2v) is 5.67. The van der Waals surface area contributed by atoms with Gasteiger partial charge in [-0.05, 0) is 42.0 Å². The van der Waals surface area contributed by atoms with Gasteiger partial charge in [0.05, 0.1) is 12.5 Å². The van der Waals surface area contributed by atoms with Crippen molar-refractivity contribution in [2.24, 2.45) is 5.92 Å². The molecule has 3 rings (SSSR count). The third-order valence-corrected chi connectivity index (χ3v) is 4.49. The lowest BCUT2D eigenvalue weighted by atomic mass is 10.0. The zero-order valence-electron chi connectivity index (χ0n) is 11.2. The number of methoxy groups -OCH3 is 1. The minimum atomic E-state index is -0.275. The van der Waals surface area contributed by atoms with Crippen molar-refractivity contribution in [2.75, 3.05) is 7.11 Å². The molecule has 3 unspecified atom stereocenters. The van der Waals surface area contributed by atoms with Gasteiger partial charge in [0.25, 0.3) is 0 Å². The maximum absolute atomic E-state index is 13.4. The Hall–Kier alpha value is -1.54. The van der Waals surface area contributed by atoms with Crippen LogP contribution in [0.1, 0.15) is 28.8 Å². The first-order valence-electron chi connectivity index (χ1n) is 6.73. The van der Waals surface area contributed by atoms with Gasteiger partial charge in [-0.1, -0.05) is 30.3 Å². The van der Waals surface area contributed by atoms with Gasteiger partial charge in [-0.3, -0.25) is 0 Å². The second-order valence-electron chi connectivity index (χ2n) is 5.20. The lowest BCUT2D eigenvalue weighted by Crippen LogP contribution is -1.99. The summed E-state index contributed by atoms with van der Waals surface area (Å²) in [5.41, 5.74) is 2.05. The Morgan fingerprint density at radius 1 is 1.20 bits per heavy atom. The van der Waals surface area contributed by atoms with Crippen LogP contribution in [-0.2, 0) is 0 Å². The predicted molar refractivity (Wildman–Crippen MR) is 78.8 cm³/mol. The average molecular weight is 291 g/mol. The van der Waals surface area contributed by atoms with Crippen molar-refractivity contribution in [3.8, 4) is 5.75 Å². The highest BCUT2D eigenvalue weighted by Gasteiger charge is 2.44. The van der Waals surface area contributed by atoms with E-state index in [1.54, 1.807) is 13.2 Å². The zero-order valence-corrected chi connectivity index (χ0v) is 12.0. The Kier molecular flexibility index (Phi) is 3.66. The van der Waals surface area contributed by atoms with Crippen molar-refractivity contribution in [3.05, 3.63) is 65.5 Å². The van der Waals surface area contributed by atoms with Crippen LogP contribution in [0.15, 0.2) is 48.5 Å². The van der Waals surface area contributed by atoms with Gasteiger partial charge >= 0.3 is 0 Å². The van der Waals surface area contributed by atoms with E-state index in [4.69, 9.17) is 16.3 Å². The van der Waals surface area contributed by atoms with Crippen LogP contribution in [0.4, 0.5) is 4.39 Å². The van der Waals surface area contributed by atoms with Crippen LogP contribution in [0.2, 0.25) is 0 Å². The molecule has 1 fully saturated rings. The summed E-state index contributed by atoms with van der Waals surface area (Å²) in [6.45, 7) is 0. The number of rotatable bonds is 4. The maximum atomic E-state index is 13.4. The molecule has 1 saturated carbocycles. The van der Waals surface area contributed by atoms with E-state index in [2.05, 4.69) is 12.1 Å². The van der Waals surface area contributed by atoms with Crippen molar-refractivity contribution in [3.63, 3.8) is 0 Å². The SMILES string of the molecule is COc1ccc(F)cc1C(Cl)C1CC1c1ccccc1. The lowest BCUT2D eigenvalue weighted by Gasteiger charge is -2.14. The summed E-state index contributed by atoms with van der Waals surface area (Å²) in [6, 6.07) is 14.8. The fourth-order valence-corrected chi connectivity index (χ4v) is 3.22. The van der Waals surface area contributed by atoms with E-state index < -0.39 is 0 Å². The smallest absolute Gasteiger partial charge is 0.123 e. The van der Waals surface area contributed by atoms with Crippen LogP contribution in [0.3, 0.4) is 0 Å². The highest BCUT2D eigenvalue weighted by Crippen LogP contribution is 2.57. The summed E-state index contributed by atoms with van der Waals surface area (Å²) < 4.78 is 18.7. The molecule has 0 aliphatic heterocycles. The molecule has 0 bridgehead atoms. The molecule has 0 heterocycles. The summed E-state index contributed by atoms with van der Waals surface area (Å²) in [6.07, 6.45) is 1.04. The molecular formula is C17H16ClFO. The van der Waals surface area contributed by atoms with Crippen LogP contribution < -0.4 is 4.74 Å². The number of benzene rings is 2. The van der Waals surface area contributed by atoms with Crippen LogP contribution in [0.5, 0.6) is 5.75 Å². The molecule has 0 spiro atoms. The first-order valence-corrected chi connectivity index (χ1v) is 7.17. The van der Waals surface area contributed by atoms with Crippen LogP contribution in [0, 0.1) is 11.7 Å². The average Bonchev–Trinajstić information content (AvgIpc) is 3.28. The van der Waals surface area contributed by atoms with E-state index in [1.807, 2.05) is 18.2 Å². The zero-order chi connectivity index (χ0) is 14.1. The molecule has 104 valence electrons. The van der Waals surface area contributed by atoms with Gasteiger partial charge in [0.2, 0.25) is 0 Å². The van der Waals surface area contributed by atoms with Gasteiger partial charge in [-0.25, -0.2) is 4.39 Å². The van der Waals surface area contributed by atoms with Crippen molar-refractivity contribution in [1.29, 1.82) is 0 Å². The largest absolute Gasteiger partial charge is 0.496 e. The summed E-state index contributed by atoms with van der Waals surface area (Å²) in [7, 11) is 1.59. The fraction of sp³-hybridized carbons (Fsp3) is 0.294. The standard InChI is InChI=1S/C17H16ClFO/c1-20-16-8-7-12(19)9-15(16)17(18)14-10-13(14)11-5-3-2-4-6-11/h2-9,13-14,17H,10H2,1H3.